The minimum atomic E-state index is -1.09. The Labute approximate surface area is 104 Å². The number of carboxylic acid groups (broad SMARTS) is 1. The van der Waals surface area contributed by atoms with Gasteiger partial charge < -0.3 is 19.9 Å². The summed E-state index contributed by atoms with van der Waals surface area (Å²) in [5, 5.41) is 11.2. The molecule has 0 saturated carbocycles. The Morgan fingerprint density at radius 2 is 2.11 bits per heavy atom. The Bertz CT molecular complexity index is 433. The number of nitrogens with one attached hydrogen (secondary N) is 1. The summed E-state index contributed by atoms with van der Waals surface area (Å²) in [5.74, 6) is -1.09. The number of carboxylic acids is 1. The lowest BCUT2D eigenvalue weighted by Crippen LogP contribution is -2.59. The van der Waals surface area contributed by atoms with Crippen LogP contribution in [0, 0.1) is 0 Å². The van der Waals surface area contributed by atoms with Gasteiger partial charge in [-0.25, -0.2) is 9.59 Å². The Hall–Kier alpha value is -2.08. The van der Waals surface area contributed by atoms with Gasteiger partial charge in [0.05, 0.1) is 12.6 Å². The number of benzene rings is 1. The Morgan fingerprint density at radius 1 is 1.39 bits per heavy atom. The van der Waals surface area contributed by atoms with Crippen molar-refractivity contribution >= 4 is 12.1 Å². The molecule has 0 unspecified atom stereocenters. The number of rotatable bonds is 4. The first-order valence-corrected chi connectivity index (χ1v) is 5.48. The minimum absolute atomic E-state index is 0.151. The molecule has 18 heavy (non-hydrogen) atoms. The van der Waals surface area contributed by atoms with Gasteiger partial charge in [0, 0.05) is 0 Å². The first-order chi connectivity index (χ1) is 8.66. The van der Waals surface area contributed by atoms with Gasteiger partial charge in [0.25, 0.3) is 0 Å². The molecule has 0 aromatic heterocycles. The molecule has 0 aliphatic carbocycles. The Morgan fingerprint density at radius 3 is 2.67 bits per heavy atom. The van der Waals surface area contributed by atoms with Crippen molar-refractivity contribution in [3.63, 3.8) is 0 Å². The molecule has 6 heteroatoms. The van der Waals surface area contributed by atoms with Crippen LogP contribution in [-0.2, 0) is 20.9 Å². The van der Waals surface area contributed by atoms with Crippen LogP contribution in [0.15, 0.2) is 30.3 Å². The Kier molecular flexibility index (Phi) is 3.78. The number of carbonyl (C=O) groups is 2. The van der Waals surface area contributed by atoms with Gasteiger partial charge in [-0.1, -0.05) is 30.3 Å². The summed E-state index contributed by atoms with van der Waals surface area (Å²) in [6.45, 7) is 0.343. The quantitative estimate of drug-likeness (QED) is 0.825. The van der Waals surface area contributed by atoms with Crippen LogP contribution in [0.2, 0.25) is 0 Å². The number of amides is 1. The second kappa shape index (κ2) is 5.50. The predicted octanol–water partition coefficient (Wildman–Crippen LogP) is 0.765. The van der Waals surface area contributed by atoms with Gasteiger partial charge in [0.15, 0.2) is 6.10 Å². The molecule has 96 valence electrons. The minimum Gasteiger partial charge on any atom is -0.479 e. The lowest BCUT2D eigenvalue weighted by Gasteiger charge is -2.33. The molecule has 2 atom stereocenters. The molecule has 0 bridgehead atoms. The highest BCUT2D eigenvalue weighted by molar-refractivity contribution is 5.76. The number of alkyl carbamates (subject to hydrolysis) is 1. The fraction of sp³-hybridized carbons (Fsp3) is 0.333. The van der Waals surface area contributed by atoms with Crippen LogP contribution in [0.25, 0.3) is 0 Å². The second-order valence-electron chi connectivity index (χ2n) is 3.90. The average Bonchev–Trinajstić information content (AvgIpc) is 2.32. The monoisotopic (exact) mass is 251 g/mol. The van der Waals surface area contributed by atoms with E-state index in [1.54, 1.807) is 0 Å². The van der Waals surface area contributed by atoms with Crippen LogP contribution in [0.1, 0.15) is 5.56 Å². The van der Waals surface area contributed by atoms with E-state index in [1.165, 1.54) is 0 Å². The zero-order chi connectivity index (χ0) is 13.0. The van der Waals surface area contributed by atoms with Crippen LogP contribution in [0.5, 0.6) is 0 Å². The van der Waals surface area contributed by atoms with E-state index in [2.05, 4.69) is 5.32 Å². The van der Waals surface area contributed by atoms with E-state index in [-0.39, 0.29) is 13.2 Å². The SMILES string of the molecule is O=C(N[C@H]1CO[C@@H]1C(=O)O)OCc1ccccc1. The van der Waals surface area contributed by atoms with E-state index in [1.807, 2.05) is 30.3 Å². The summed E-state index contributed by atoms with van der Waals surface area (Å²) in [7, 11) is 0. The van der Waals surface area contributed by atoms with Crippen molar-refractivity contribution in [3.05, 3.63) is 35.9 Å². The van der Waals surface area contributed by atoms with Gasteiger partial charge in [0.1, 0.15) is 6.61 Å². The largest absolute Gasteiger partial charge is 0.479 e. The van der Waals surface area contributed by atoms with E-state index < -0.39 is 24.2 Å². The van der Waals surface area contributed by atoms with Gasteiger partial charge in [-0.15, -0.1) is 0 Å². The molecule has 1 aliphatic rings. The molecule has 1 saturated heterocycles. The summed E-state index contributed by atoms with van der Waals surface area (Å²) in [5.41, 5.74) is 0.868. The molecule has 2 rings (SSSR count). The van der Waals surface area contributed by atoms with Gasteiger partial charge in [-0.05, 0) is 5.56 Å². The van der Waals surface area contributed by atoms with Crippen LogP contribution in [0.3, 0.4) is 0 Å². The number of hydrogen-bond donors (Lipinski definition) is 2. The second-order valence-corrected chi connectivity index (χ2v) is 3.90. The maximum atomic E-state index is 11.4. The van der Waals surface area contributed by atoms with E-state index in [9.17, 15) is 9.59 Å². The topological polar surface area (TPSA) is 84.9 Å². The number of hydrogen-bond acceptors (Lipinski definition) is 4. The summed E-state index contributed by atoms with van der Waals surface area (Å²) in [6, 6.07) is 8.70. The molecule has 0 spiro atoms. The third-order valence-electron chi connectivity index (χ3n) is 2.58. The van der Waals surface area contributed by atoms with Gasteiger partial charge in [-0.2, -0.15) is 0 Å². The maximum absolute atomic E-state index is 11.4. The first kappa shape index (κ1) is 12.4. The summed E-state index contributed by atoms with van der Waals surface area (Å²) >= 11 is 0. The van der Waals surface area contributed by atoms with Crippen LogP contribution < -0.4 is 5.32 Å². The van der Waals surface area contributed by atoms with Crippen molar-refractivity contribution in [2.24, 2.45) is 0 Å². The highest BCUT2D eigenvalue weighted by Gasteiger charge is 2.39. The molecule has 6 nitrogen and oxygen atoms in total. The Balaban J connectivity index is 1.74. The lowest BCUT2D eigenvalue weighted by atomic mass is 10.1. The van der Waals surface area contributed by atoms with Gasteiger partial charge in [0.2, 0.25) is 0 Å². The van der Waals surface area contributed by atoms with E-state index >= 15 is 0 Å². The van der Waals surface area contributed by atoms with E-state index in [0.717, 1.165) is 5.56 Å². The molecule has 2 N–H and O–H groups in total. The molecule has 1 aromatic rings. The third-order valence-corrected chi connectivity index (χ3v) is 2.58. The smallest absolute Gasteiger partial charge is 0.407 e. The van der Waals surface area contributed by atoms with Crippen molar-refractivity contribution in [1.82, 2.24) is 5.32 Å². The van der Waals surface area contributed by atoms with Crippen LogP contribution in [-0.4, -0.2) is 35.9 Å². The molecular weight excluding hydrogens is 238 g/mol. The van der Waals surface area contributed by atoms with Crippen molar-refractivity contribution < 1.29 is 24.2 Å². The first-order valence-electron chi connectivity index (χ1n) is 5.48. The molecule has 1 heterocycles. The third kappa shape index (κ3) is 2.98. The highest BCUT2D eigenvalue weighted by Crippen LogP contribution is 2.13. The molecule has 1 fully saturated rings. The molecule has 1 amide bonds. The van der Waals surface area contributed by atoms with E-state index in [4.69, 9.17) is 14.6 Å². The standard InChI is InChI=1S/C12H13NO5/c14-11(15)10-9(7-17-10)13-12(16)18-6-8-4-2-1-3-5-8/h1-5,9-10H,6-7H2,(H,13,16)(H,14,15)/t9-,10-/m0/s1. The summed E-state index contributed by atoms with van der Waals surface area (Å²) in [6.07, 6.45) is -1.62. The highest BCUT2D eigenvalue weighted by atomic mass is 16.6. The van der Waals surface area contributed by atoms with Crippen molar-refractivity contribution in [1.29, 1.82) is 0 Å². The molecule has 1 aliphatic heterocycles. The van der Waals surface area contributed by atoms with Crippen LogP contribution in [0.4, 0.5) is 4.79 Å². The number of carbonyl (C=O) groups excluding carboxylic acids is 1. The summed E-state index contributed by atoms with van der Waals surface area (Å²) < 4.78 is 9.76. The maximum Gasteiger partial charge on any atom is 0.407 e. The molecule has 1 aromatic carbocycles. The molecule has 0 radical (unpaired) electrons. The number of ether oxygens (including phenoxy) is 2. The normalized spacial score (nSPS) is 21.8. The lowest BCUT2D eigenvalue weighted by molar-refractivity contribution is -0.168. The average molecular weight is 251 g/mol. The summed E-state index contributed by atoms with van der Waals surface area (Å²) in [4.78, 5) is 22.0. The zero-order valence-electron chi connectivity index (χ0n) is 9.54. The zero-order valence-corrected chi connectivity index (χ0v) is 9.54. The van der Waals surface area contributed by atoms with E-state index in [0.29, 0.717) is 0 Å². The van der Waals surface area contributed by atoms with Crippen molar-refractivity contribution in [2.75, 3.05) is 6.61 Å². The molecular formula is C12H13NO5. The van der Waals surface area contributed by atoms with Gasteiger partial charge >= 0.3 is 12.1 Å². The van der Waals surface area contributed by atoms with Gasteiger partial charge in [-0.3, -0.25) is 0 Å². The van der Waals surface area contributed by atoms with Crippen molar-refractivity contribution in [3.8, 4) is 0 Å². The van der Waals surface area contributed by atoms with Crippen molar-refractivity contribution in [2.45, 2.75) is 18.8 Å². The fourth-order valence-corrected chi connectivity index (χ4v) is 1.57. The predicted molar refractivity (Wildman–Crippen MR) is 60.9 cm³/mol. The fourth-order valence-electron chi connectivity index (χ4n) is 1.57. The number of aliphatic carboxylic acids is 1. The van der Waals surface area contributed by atoms with Crippen LogP contribution >= 0.6 is 0 Å².